The van der Waals surface area contributed by atoms with Gasteiger partial charge >= 0.3 is 0 Å². The highest BCUT2D eigenvalue weighted by Crippen LogP contribution is 2.65. The van der Waals surface area contributed by atoms with Crippen LogP contribution in [0.15, 0.2) is 42.5 Å². The van der Waals surface area contributed by atoms with Crippen LogP contribution in [-0.2, 0) is 5.60 Å². The van der Waals surface area contributed by atoms with Gasteiger partial charge in [-0.05, 0) is 65.7 Å². The van der Waals surface area contributed by atoms with Crippen molar-refractivity contribution < 1.29 is 5.11 Å². The van der Waals surface area contributed by atoms with Gasteiger partial charge in [-0.15, -0.1) is 0 Å². The van der Waals surface area contributed by atoms with Crippen LogP contribution in [0.5, 0.6) is 0 Å². The Bertz CT molecular complexity index is 701. The molecule has 5 atom stereocenters. The monoisotopic (exact) mass is 278 g/mol. The average Bonchev–Trinajstić information content (AvgIpc) is 3.18. The summed E-state index contributed by atoms with van der Waals surface area (Å²) >= 11 is 0. The molecule has 0 aromatic heterocycles. The summed E-state index contributed by atoms with van der Waals surface area (Å²) in [5.41, 5.74) is 0.621. The summed E-state index contributed by atoms with van der Waals surface area (Å²) in [6.07, 6.45) is 6.40. The molecule has 1 heteroatoms. The molecule has 3 aliphatic carbocycles. The Morgan fingerprint density at radius 3 is 2.71 bits per heavy atom. The molecule has 108 valence electrons. The molecular formula is C20H22O. The molecule has 0 radical (unpaired) electrons. The molecule has 0 aliphatic heterocycles. The third kappa shape index (κ3) is 1.51. The number of hydrogen-bond donors (Lipinski definition) is 1. The molecule has 1 nitrogen and oxygen atoms in total. The number of benzene rings is 2. The molecule has 2 aromatic carbocycles. The first kappa shape index (κ1) is 12.2. The second-order valence-electron chi connectivity index (χ2n) is 7.52. The Labute approximate surface area is 126 Å². The lowest BCUT2D eigenvalue weighted by Crippen LogP contribution is -2.39. The van der Waals surface area contributed by atoms with Crippen LogP contribution in [0.25, 0.3) is 10.8 Å². The Hall–Kier alpha value is -1.34. The first-order chi connectivity index (χ1) is 10.3. The summed E-state index contributed by atoms with van der Waals surface area (Å²) in [6.45, 7) is 0. The summed E-state index contributed by atoms with van der Waals surface area (Å²) in [4.78, 5) is 0. The van der Waals surface area contributed by atoms with Gasteiger partial charge in [0.2, 0.25) is 0 Å². The maximum absolute atomic E-state index is 11.6. The van der Waals surface area contributed by atoms with E-state index < -0.39 is 5.60 Å². The number of rotatable bonds is 1. The maximum Gasteiger partial charge on any atom is 0.0936 e. The Kier molecular flexibility index (Phi) is 2.39. The van der Waals surface area contributed by atoms with Crippen LogP contribution in [0.3, 0.4) is 0 Å². The van der Waals surface area contributed by atoms with E-state index >= 15 is 0 Å². The van der Waals surface area contributed by atoms with Crippen LogP contribution in [-0.4, -0.2) is 5.11 Å². The summed E-state index contributed by atoms with van der Waals surface area (Å²) in [7, 11) is 0. The van der Waals surface area contributed by atoms with E-state index in [1.165, 1.54) is 42.0 Å². The molecule has 3 fully saturated rings. The summed E-state index contributed by atoms with van der Waals surface area (Å²) in [5.74, 6) is 2.98. The van der Waals surface area contributed by atoms with E-state index in [4.69, 9.17) is 0 Å². The second kappa shape index (κ2) is 4.10. The molecule has 2 aromatic rings. The minimum atomic E-state index is -0.572. The van der Waals surface area contributed by atoms with E-state index in [-0.39, 0.29) is 0 Å². The van der Waals surface area contributed by atoms with E-state index in [2.05, 4.69) is 42.5 Å². The van der Waals surface area contributed by atoms with Gasteiger partial charge in [-0.2, -0.15) is 0 Å². The molecule has 5 rings (SSSR count). The molecule has 3 aliphatic rings. The topological polar surface area (TPSA) is 20.2 Å². The molecule has 3 saturated carbocycles. The maximum atomic E-state index is 11.6. The van der Waals surface area contributed by atoms with Crippen molar-refractivity contribution >= 4 is 10.8 Å². The summed E-state index contributed by atoms with van der Waals surface area (Å²) < 4.78 is 0. The lowest BCUT2D eigenvalue weighted by molar-refractivity contribution is -0.0500. The van der Waals surface area contributed by atoms with Crippen molar-refractivity contribution in [3.8, 4) is 0 Å². The van der Waals surface area contributed by atoms with Crippen molar-refractivity contribution in [1.82, 2.24) is 0 Å². The molecule has 1 N–H and O–H groups in total. The second-order valence-corrected chi connectivity index (χ2v) is 7.52. The predicted octanol–water partition coefficient (Wildman–Crippen LogP) is 4.48. The molecular weight excluding hydrogens is 256 g/mol. The van der Waals surface area contributed by atoms with Gasteiger partial charge < -0.3 is 5.11 Å². The SMILES string of the molecule is OC1(c2cccc3ccccc23)CC2CC1C1CCCC21. The third-order valence-corrected chi connectivity index (χ3v) is 6.75. The van der Waals surface area contributed by atoms with E-state index in [1.54, 1.807) is 0 Å². The zero-order chi connectivity index (χ0) is 14.0. The predicted molar refractivity (Wildman–Crippen MR) is 84.9 cm³/mol. The van der Waals surface area contributed by atoms with Gasteiger partial charge in [-0.3, -0.25) is 0 Å². The zero-order valence-electron chi connectivity index (χ0n) is 12.3. The first-order valence-corrected chi connectivity index (χ1v) is 8.48. The van der Waals surface area contributed by atoms with Crippen LogP contribution in [0, 0.1) is 23.7 Å². The fraction of sp³-hybridized carbons (Fsp3) is 0.500. The van der Waals surface area contributed by atoms with Gasteiger partial charge in [-0.25, -0.2) is 0 Å². The zero-order valence-corrected chi connectivity index (χ0v) is 12.3. The Morgan fingerprint density at radius 1 is 0.952 bits per heavy atom. The van der Waals surface area contributed by atoms with Crippen molar-refractivity contribution in [2.75, 3.05) is 0 Å². The van der Waals surface area contributed by atoms with Crippen molar-refractivity contribution in [2.24, 2.45) is 23.7 Å². The van der Waals surface area contributed by atoms with E-state index in [0.29, 0.717) is 5.92 Å². The first-order valence-electron chi connectivity index (χ1n) is 8.48. The van der Waals surface area contributed by atoms with Gasteiger partial charge in [0.25, 0.3) is 0 Å². The standard InChI is InChI=1S/C20H22O/c21-20(12-14-11-19(20)17-9-4-8-15(14)17)18-10-3-6-13-5-1-2-7-16(13)18/h1-3,5-7,10,14-15,17,19,21H,4,8-9,11-12H2. The minimum Gasteiger partial charge on any atom is -0.385 e. The largest absolute Gasteiger partial charge is 0.385 e. The smallest absolute Gasteiger partial charge is 0.0936 e. The Morgan fingerprint density at radius 2 is 1.76 bits per heavy atom. The quantitative estimate of drug-likeness (QED) is 0.815. The van der Waals surface area contributed by atoms with E-state index in [9.17, 15) is 5.11 Å². The van der Waals surface area contributed by atoms with Crippen LogP contribution in [0.1, 0.15) is 37.7 Å². The summed E-state index contributed by atoms with van der Waals surface area (Å²) in [5, 5.41) is 14.1. The normalized spacial score (nSPS) is 40.8. The highest BCUT2D eigenvalue weighted by Gasteiger charge is 2.61. The molecule has 2 bridgehead atoms. The molecule has 0 heterocycles. The number of fused-ring (bicyclic) bond motifs is 6. The van der Waals surface area contributed by atoms with Crippen LogP contribution in [0.4, 0.5) is 0 Å². The minimum absolute atomic E-state index is 0.501. The van der Waals surface area contributed by atoms with Crippen LogP contribution >= 0.6 is 0 Å². The lowest BCUT2D eigenvalue weighted by atomic mass is 9.69. The number of aliphatic hydroxyl groups is 1. The molecule has 0 spiro atoms. The number of hydrogen-bond acceptors (Lipinski definition) is 1. The van der Waals surface area contributed by atoms with E-state index in [1.807, 2.05) is 0 Å². The fourth-order valence-electron chi connectivity index (χ4n) is 6.03. The average molecular weight is 278 g/mol. The molecule has 21 heavy (non-hydrogen) atoms. The van der Waals surface area contributed by atoms with Gasteiger partial charge in [0.05, 0.1) is 5.60 Å². The molecule has 5 unspecified atom stereocenters. The molecule has 0 saturated heterocycles. The Balaban J connectivity index is 1.66. The fourth-order valence-corrected chi connectivity index (χ4v) is 6.03. The highest BCUT2D eigenvalue weighted by atomic mass is 16.3. The van der Waals surface area contributed by atoms with Crippen molar-refractivity contribution in [3.05, 3.63) is 48.0 Å². The van der Waals surface area contributed by atoms with Crippen molar-refractivity contribution in [1.29, 1.82) is 0 Å². The van der Waals surface area contributed by atoms with Gasteiger partial charge in [0, 0.05) is 0 Å². The molecule has 0 amide bonds. The van der Waals surface area contributed by atoms with Gasteiger partial charge in [0.1, 0.15) is 0 Å². The summed E-state index contributed by atoms with van der Waals surface area (Å²) in [6, 6.07) is 15.0. The van der Waals surface area contributed by atoms with Gasteiger partial charge in [-0.1, -0.05) is 48.9 Å². The van der Waals surface area contributed by atoms with Crippen molar-refractivity contribution in [2.45, 2.75) is 37.7 Å². The highest BCUT2D eigenvalue weighted by molar-refractivity contribution is 5.86. The van der Waals surface area contributed by atoms with E-state index in [0.717, 1.165) is 24.2 Å². The van der Waals surface area contributed by atoms with Gasteiger partial charge in [0.15, 0.2) is 0 Å². The third-order valence-electron chi connectivity index (χ3n) is 6.75. The van der Waals surface area contributed by atoms with Crippen LogP contribution < -0.4 is 0 Å². The van der Waals surface area contributed by atoms with Crippen molar-refractivity contribution in [3.63, 3.8) is 0 Å². The van der Waals surface area contributed by atoms with Crippen LogP contribution in [0.2, 0.25) is 0 Å². The lowest BCUT2D eigenvalue weighted by Gasteiger charge is -2.40.